The van der Waals surface area contributed by atoms with Gasteiger partial charge in [0.2, 0.25) is 0 Å². The Morgan fingerprint density at radius 1 is 1.09 bits per heavy atom. The number of esters is 1. The molecule has 3 rings (SSSR count). The monoisotopic (exact) mass is 515 g/mol. The van der Waals surface area contributed by atoms with E-state index in [9.17, 15) is 18.8 Å². The topological polar surface area (TPSA) is 110 Å². The van der Waals surface area contributed by atoms with Gasteiger partial charge in [0.1, 0.15) is 17.3 Å². The first-order valence-electron chi connectivity index (χ1n) is 9.80. The zero-order valence-corrected chi connectivity index (χ0v) is 19.0. The number of nitrogens with zero attached hydrogens (tertiary/aromatic N) is 1. The number of carbonyl (C=O) groups is 3. The van der Waals surface area contributed by atoms with Crippen molar-refractivity contribution in [3.05, 3.63) is 82.0 Å². The van der Waals surface area contributed by atoms with Crippen LogP contribution in [0.25, 0.3) is 0 Å². The van der Waals surface area contributed by atoms with E-state index < -0.39 is 23.6 Å². The lowest BCUT2D eigenvalue weighted by Gasteiger charge is -2.06. The predicted octanol–water partition coefficient (Wildman–Crippen LogP) is 4.36. The van der Waals surface area contributed by atoms with E-state index in [4.69, 9.17) is 9.15 Å². The molecule has 0 aliphatic heterocycles. The fourth-order valence-electron chi connectivity index (χ4n) is 2.62. The van der Waals surface area contributed by atoms with E-state index in [-0.39, 0.29) is 18.8 Å². The highest BCUT2D eigenvalue weighted by molar-refractivity contribution is 9.10. The molecule has 0 spiro atoms. The third-order valence-corrected chi connectivity index (χ3v) is 4.70. The third kappa shape index (κ3) is 6.84. The van der Waals surface area contributed by atoms with E-state index in [0.717, 1.165) is 0 Å². The lowest BCUT2D eigenvalue weighted by Crippen LogP contribution is -2.34. The van der Waals surface area contributed by atoms with Crippen LogP contribution in [0.2, 0.25) is 0 Å². The predicted molar refractivity (Wildman–Crippen MR) is 123 cm³/mol. The minimum Gasteiger partial charge on any atom is -0.462 e. The number of ether oxygens (including phenoxy) is 1. The molecule has 10 heteroatoms. The van der Waals surface area contributed by atoms with Crippen LogP contribution < -0.4 is 10.6 Å². The van der Waals surface area contributed by atoms with E-state index in [1.54, 1.807) is 25.1 Å². The van der Waals surface area contributed by atoms with Gasteiger partial charge in [-0.05, 0) is 61.5 Å². The standard InChI is InChI=1S/C23H19BrFN3O5/c1-2-32-23(31)14-3-6-16(7-4-14)28-22(30)21(29)27-13-18-9-8-17(33-18)12-26-20-10-5-15(24)11-19(20)25/h3-12H,2,13H2,1H3,(H,27,29)(H,28,30). The van der Waals surface area contributed by atoms with E-state index in [1.807, 2.05) is 0 Å². The maximum atomic E-state index is 13.8. The van der Waals surface area contributed by atoms with E-state index in [1.165, 1.54) is 42.6 Å². The summed E-state index contributed by atoms with van der Waals surface area (Å²) in [7, 11) is 0. The van der Waals surface area contributed by atoms with Crippen molar-refractivity contribution in [2.45, 2.75) is 13.5 Å². The molecule has 2 aromatic carbocycles. The van der Waals surface area contributed by atoms with E-state index in [0.29, 0.717) is 27.2 Å². The van der Waals surface area contributed by atoms with Crippen LogP contribution in [-0.4, -0.2) is 30.6 Å². The maximum Gasteiger partial charge on any atom is 0.338 e. The molecule has 0 aliphatic carbocycles. The van der Waals surface area contributed by atoms with Crippen LogP contribution >= 0.6 is 15.9 Å². The van der Waals surface area contributed by atoms with Gasteiger partial charge in [0.05, 0.1) is 30.6 Å². The normalized spacial score (nSPS) is 10.8. The molecule has 0 radical (unpaired) electrons. The van der Waals surface area contributed by atoms with Crippen LogP contribution in [0.3, 0.4) is 0 Å². The van der Waals surface area contributed by atoms with Crippen LogP contribution in [0.4, 0.5) is 15.8 Å². The van der Waals surface area contributed by atoms with E-state index in [2.05, 4.69) is 31.6 Å². The summed E-state index contributed by atoms with van der Waals surface area (Å²) >= 11 is 3.18. The van der Waals surface area contributed by atoms with Crippen LogP contribution in [0, 0.1) is 5.82 Å². The summed E-state index contributed by atoms with van der Waals surface area (Å²) in [6.45, 7) is 1.92. The second kappa shape index (κ2) is 11.2. The molecule has 0 saturated carbocycles. The minimum absolute atomic E-state index is 0.0332. The van der Waals surface area contributed by atoms with Gasteiger partial charge in [-0.25, -0.2) is 14.2 Å². The van der Waals surface area contributed by atoms with Crippen molar-refractivity contribution in [3.8, 4) is 0 Å². The molecule has 0 saturated heterocycles. The molecule has 2 N–H and O–H groups in total. The number of hydrogen-bond acceptors (Lipinski definition) is 6. The quantitative estimate of drug-likeness (QED) is 0.276. The number of nitrogens with one attached hydrogen (secondary N) is 2. The van der Waals surface area contributed by atoms with Gasteiger partial charge in [-0.1, -0.05) is 15.9 Å². The number of aliphatic imine (C=N–C) groups is 1. The Labute approximate surface area is 197 Å². The van der Waals surface area contributed by atoms with Crippen LogP contribution in [0.1, 0.15) is 28.8 Å². The Morgan fingerprint density at radius 2 is 1.85 bits per heavy atom. The average molecular weight is 516 g/mol. The molecular formula is C23H19BrFN3O5. The fraction of sp³-hybridized carbons (Fsp3) is 0.130. The number of furan rings is 1. The third-order valence-electron chi connectivity index (χ3n) is 4.21. The zero-order chi connectivity index (χ0) is 23.8. The van der Waals surface area contributed by atoms with Gasteiger partial charge in [0.15, 0.2) is 0 Å². The van der Waals surface area contributed by atoms with Crippen molar-refractivity contribution >= 4 is 51.3 Å². The minimum atomic E-state index is -0.877. The SMILES string of the molecule is CCOC(=O)c1ccc(NC(=O)C(=O)NCc2ccc(C=Nc3ccc(Br)cc3F)o2)cc1. The van der Waals surface area contributed by atoms with Crippen molar-refractivity contribution in [3.63, 3.8) is 0 Å². The Bertz CT molecular complexity index is 1190. The Balaban J connectivity index is 1.50. The number of anilines is 1. The second-order valence-electron chi connectivity index (χ2n) is 6.59. The van der Waals surface area contributed by atoms with Gasteiger partial charge in [0.25, 0.3) is 0 Å². The van der Waals surface area contributed by atoms with Crippen molar-refractivity contribution < 1.29 is 27.9 Å². The zero-order valence-electron chi connectivity index (χ0n) is 17.4. The Kier molecular flexibility index (Phi) is 8.09. The van der Waals surface area contributed by atoms with Crippen LogP contribution in [-0.2, 0) is 20.9 Å². The first-order valence-corrected chi connectivity index (χ1v) is 10.6. The molecule has 8 nitrogen and oxygen atoms in total. The number of rotatable bonds is 7. The highest BCUT2D eigenvalue weighted by Crippen LogP contribution is 2.22. The maximum absolute atomic E-state index is 13.8. The summed E-state index contributed by atoms with van der Waals surface area (Å²) in [6.07, 6.45) is 1.35. The van der Waals surface area contributed by atoms with Crippen molar-refractivity contribution in [1.82, 2.24) is 5.32 Å². The molecule has 1 heterocycles. The lowest BCUT2D eigenvalue weighted by molar-refractivity contribution is -0.136. The summed E-state index contributed by atoms with van der Waals surface area (Å²) in [5, 5.41) is 4.87. The van der Waals surface area contributed by atoms with Crippen molar-refractivity contribution in [1.29, 1.82) is 0 Å². The number of benzene rings is 2. The smallest absolute Gasteiger partial charge is 0.338 e. The highest BCUT2D eigenvalue weighted by atomic mass is 79.9. The Hall–Kier alpha value is -3.79. The summed E-state index contributed by atoms with van der Waals surface area (Å²) in [5.41, 5.74) is 0.829. The summed E-state index contributed by atoms with van der Waals surface area (Å²) in [6, 6.07) is 13.6. The molecular weight excluding hydrogens is 497 g/mol. The summed E-state index contributed by atoms with van der Waals surface area (Å²) in [5.74, 6) is -1.97. The highest BCUT2D eigenvalue weighted by Gasteiger charge is 2.15. The van der Waals surface area contributed by atoms with Gasteiger partial charge in [0, 0.05) is 10.2 Å². The summed E-state index contributed by atoms with van der Waals surface area (Å²) in [4.78, 5) is 39.8. The largest absolute Gasteiger partial charge is 0.462 e. The number of amides is 2. The van der Waals surface area contributed by atoms with E-state index >= 15 is 0 Å². The van der Waals surface area contributed by atoms with Gasteiger partial charge >= 0.3 is 17.8 Å². The number of hydrogen-bond donors (Lipinski definition) is 2. The van der Waals surface area contributed by atoms with Crippen molar-refractivity contribution in [2.75, 3.05) is 11.9 Å². The van der Waals surface area contributed by atoms with Gasteiger partial charge < -0.3 is 19.8 Å². The molecule has 0 atom stereocenters. The summed E-state index contributed by atoms with van der Waals surface area (Å²) < 4.78 is 24.8. The van der Waals surface area contributed by atoms with Crippen LogP contribution in [0.15, 0.2) is 68.5 Å². The lowest BCUT2D eigenvalue weighted by atomic mass is 10.2. The Morgan fingerprint density at radius 3 is 2.55 bits per heavy atom. The molecule has 0 fully saturated rings. The van der Waals surface area contributed by atoms with Gasteiger partial charge in [-0.3, -0.25) is 9.59 Å². The molecule has 2 amide bonds. The molecule has 3 aromatic rings. The van der Waals surface area contributed by atoms with Crippen LogP contribution in [0.5, 0.6) is 0 Å². The molecule has 1 aromatic heterocycles. The number of carbonyl (C=O) groups excluding carboxylic acids is 3. The first-order chi connectivity index (χ1) is 15.9. The second-order valence-corrected chi connectivity index (χ2v) is 7.51. The van der Waals surface area contributed by atoms with Crippen molar-refractivity contribution in [2.24, 2.45) is 4.99 Å². The average Bonchev–Trinajstić information content (AvgIpc) is 3.25. The fourth-order valence-corrected chi connectivity index (χ4v) is 2.95. The molecule has 170 valence electrons. The molecule has 0 aliphatic rings. The number of halogens is 2. The molecule has 33 heavy (non-hydrogen) atoms. The van der Waals surface area contributed by atoms with Gasteiger partial charge in [-0.2, -0.15) is 0 Å². The molecule has 0 unspecified atom stereocenters. The van der Waals surface area contributed by atoms with Gasteiger partial charge in [-0.15, -0.1) is 0 Å². The molecule has 0 bridgehead atoms. The first kappa shape index (κ1) is 23.9.